The zero-order chi connectivity index (χ0) is 14.0. The molecular formula is C14H17N3O2S. The molecule has 1 aliphatic rings. The van der Waals surface area contributed by atoms with Crippen LogP contribution in [0.15, 0.2) is 36.7 Å². The maximum Gasteiger partial charge on any atom is 0.235 e. The fourth-order valence-electron chi connectivity index (χ4n) is 2.54. The molecule has 0 bridgehead atoms. The maximum absolute atomic E-state index is 12.4. The minimum Gasteiger partial charge on any atom is -0.317 e. The quantitative estimate of drug-likeness (QED) is 0.903. The Labute approximate surface area is 118 Å². The van der Waals surface area contributed by atoms with Gasteiger partial charge in [-0.25, -0.2) is 8.42 Å². The number of fused-ring (bicyclic) bond motifs is 1. The van der Waals surface area contributed by atoms with Gasteiger partial charge in [0, 0.05) is 17.8 Å². The van der Waals surface area contributed by atoms with E-state index in [-0.39, 0.29) is 5.25 Å². The summed E-state index contributed by atoms with van der Waals surface area (Å²) in [6.07, 6.45) is 4.69. The summed E-state index contributed by atoms with van der Waals surface area (Å²) in [5.41, 5.74) is 0.606. The first kappa shape index (κ1) is 13.3. The fraction of sp³-hybridized carbons (Fsp3) is 0.357. The predicted octanol–water partition coefficient (Wildman–Crippen LogP) is 1.73. The SMILES string of the molecule is O=S(=O)(Nc1cccc2ccncc12)C1CCNCC1. The Kier molecular flexibility index (Phi) is 3.58. The van der Waals surface area contributed by atoms with Crippen LogP contribution in [0, 0.1) is 0 Å². The number of piperidine rings is 1. The largest absolute Gasteiger partial charge is 0.317 e. The molecule has 1 aromatic heterocycles. The van der Waals surface area contributed by atoms with Gasteiger partial charge in [0.2, 0.25) is 10.0 Å². The van der Waals surface area contributed by atoms with Crippen LogP contribution in [0.1, 0.15) is 12.8 Å². The average Bonchev–Trinajstić information content (AvgIpc) is 2.48. The monoisotopic (exact) mass is 291 g/mol. The lowest BCUT2D eigenvalue weighted by molar-refractivity contribution is 0.499. The molecule has 0 aliphatic carbocycles. The number of nitrogens with one attached hydrogen (secondary N) is 2. The molecule has 0 spiro atoms. The second kappa shape index (κ2) is 5.38. The van der Waals surface area contributed by atoms with E-state index >= 15 is 0 Å². The number of sulfonamides is 1. The van der Waals surface area contributed by atoms with Gasteiger partial charge < -0.3 is 5.32 Å². The van der Waals surface area contributed by atoms with Crippen LogP contribution in [0.5, 0.6) is 0 Å². The third-order valence-electron chi connectivity index (χ3n) is 3.66. The smallest absolute Gasteiger partial charge is 0.235 e. The summed E-state index contributed by atoms with van der Waals surface area (Å²) in [5.74, 6) is 0. The number of nitrogens with zero attached hydrogens (tertiary/aromatic N) is 1. The van der Waals surface area contributed by atoms with Crippen molar-refractivity contribution in [1.29, 1.82) is 0 Å². The molecule has 1 saturated heterocycles. The number of anilines is 1. The van der Waals surface area contributed by atoms with E-state index in [1.54, 1.807) is 18.5 Å². The van der Waals surface area contributed by atoms with Gasteiger partial charge in [-0.3, -0.25) is 9.71 Å². The highest BCUT2D eigenvalue weighted by Gasteiger charge is 2.27. The van der Waals surface area contributed by atoms with Crippen LogP contribution in [0.2, 0.25) is 0 Å². The first-order chi connectivity index (χ1) is 9.67. The highest BCUT2D eigenvalue weighted by Crippen LogP contribution is 2.25. The Bertz CT molecular complexity index is 704. The molecule has 1 aromatic carbocycles. The summed E-state index contributed by atoms with van der Waals surface area (Å²) in [6, 6.07) is 7.45. The molecule has 0 saturated carbocycles. The van der Waals surface area contributed by atoms with Gasteiger partial charge in [-0.15, -0.1) is 0 Å². The molecule has 1 aliphatic heterocycles. The predicted molar refractivity (Wildman–Crippen MR) is 80.2 cm³/mol. The van der Waals surface area contributed by atoms with Gasteiger partial charge in [0.1, 0.15) is 0 Å². The lowest BCUT2D eigenvalue weighted by Crippen LogP contribution is -2.38. The lowest BCUT2D eigenvalue weighted by atomic mass is 10.1. The third-order valence-corrected chi connectivity index (χ3v) is 5.51. The number of aromatic nitrogens is 1. The van der Waals surface area contributed by atoms with E-state index in [1.165, 1.54) is 0 Å². The first-order valence-electron chi connectivity index (χ1n) is 6.72. The molecule has 6 heteroatoms. The summed E-state index contributed by atoms with van der Waals surface area (Å²) in [6.45, 7) is 1.51. The zero-order valence-electron chi connectivity index (χ0n) is 11.0. The van der Waals surface area contributed by atoms with Crippen molar-refractivity contribution in [3.63, 3.8) is 0 Å². The Morgan fingerprint density at radius 2 is 2.00 bits per heavy atom. The number of hydrogen-bond acceptors (Lipinski definition) is 4. The maximum atomic E-state index is 12.4. The molecule has 20 heavy (non-hydrogen) atoms. The molecule has 0 radical (unpaired) electrons. The summed E-state index contributed by atoms with van der Waals surface area (Å²) in [5, 5.41) is 4.66. The molecule has 106 valence electrons. The Balaban J connectivity index is 1.92. The van der Waals surface area contributed by atoms with E-state index in [1.807, 2.05) is 18.2 Å². The van der Waals surface area contributed by atoms with Gasteiger partial charge in [-0.2, -0.15) is 0 Å². The summed E-state index contributed by atoms with van der Waals surface area (Å²) < 4.78 is 27.6. The van der Waals surface area contributed by atoms with E-state index < -0.39 is 10.0 Å². The van der Waals surface area contributed by atoms with E-state index in [9.17, 15) is 8.42 Å². The molecule has 0 amide bonds. The van der Waals surface area contributed by atoms with Gasteiger partial charge >= 0.3 is 0 Å². The average molecular weight is 291 g/mol. The number of hydrogen-bond donors (Lipinski definition) is 2. The highest BCUT2D eigenvalue weighted by atomic mass is 32.2. The number of rotatable bonds is 3. The van der Waals surface area contributed by atoms with Crippen molar-refractivity contribution in [3.05, 3.63) is 36.7 Å². The Morgan fingerprint density at radius 3 is 2.80 bits per heavy atom. The van der Waals surface area contributed by atoms with Gasteiger partial charge in [0.15, 0.2) is 0 Å². The standard InChI is InChI=1S/C14H17N3O2S/c18-20(19,12-5-8-15-9-6-12)17-14-3-1-2-11-4-7-16-10-13(11)14/h1-4,7,10,12,15,17H,5-6,8-9H2. The number of benzene rings is 1. The second-order valence-electron chi connectivity index (χ2n) is 5.00. The molecule has 1 fully saturated rings. The minimum atomic E-state index is -3.35. The van der Waals surface area contributed by atoms with Crippen molar-refractivity contribution in [2.45, 2.75) is 18.1 Å². The van der Waals surface area contributed by atoms with Crippen molar-refractivity contribution >= 4 is 26.5 Å². The molecule has 3 rings (SSSR count). The molecule has 0 unspecified atom stereocenters. The van der Waals surface area contributed by atoms with Crippen LogP contribution >= 0.6 is 0 Å². The van der Waals surface area contributed by atoms with E-state index in [4.69, 9.17) is 0 Å². The summed E-state index contributed by atoms with van der Waals surface area (Å²) in [4.78, 5) is 4.07. The number of pyridine rings is 1. The van der Waals surface area contributed by atoms with Crippen LogP contribution < -0.4 is 10.0 Å². The van der Waals surface area contributed by atoms with Crippen molar-refractivity contribution in [3.8, 4) is 0 Å². The van der Waals surface area contributed by atoms with Gasteiger partial charge in [0.25, 0.3) is 0 Å². The van der Waals surface area contributed by atoms with Crippen LogP contribution in [0.3, 0.4) is 0 Å². The van der Waals surface area contributed by atoms with E-state index in [0.717, 1.165) is 23.9 Å². The van der Waals surface area contributed by atoms with Crippen molar-refractivity contribution < 1.29 is 8.42 Å². The molecule has 2 N–H and O–H groups in total. The van der Waals surface area contributed by atoms with Crippen LogP contribution in [-0.2, 0) is 10.0 Å². The van der Waals surface area contributed by atoms with Crippen molar-refractivity contribution in [2.75, 3.05) is 17.8 Å². The van der Waals surface area contributed by atoms with E-state index in [2.05, 4.69) is 15.0 Å². The van der Waals surface area contributed by atoms with Crippen LogP contribution in [0.4, 0.5) is 5.69 Å². The lowest BCUT2D eigenvalue weighted by Gasteiger charge is -2.23. The van der Waals surface area contributed by atoms with Crippen LogP contribution in [-0.4, -0.2) is 31.7 Å². The highest BCUT2D eigenvalue weighted by molar-refractivity contribution is 7.93. The third kappa shape index (κ3) is 2.62. The molecule has 0 atom stereocenters. The topological polar surface area (TPSA) is 71.1 Å². The van der Waals surface area contributed by atoms with Gasteiger partial charge in [-0.05, 0) is 43.5 Å². The van der Waals surface area contributed by atoms with E-state index in [0.29, 0.717) is 18.5 Å². The first-order valence-corrected chi connectivity index (χ1v) is 8.26. The van der Waals surface area contributed by atoms with Crippen LogP contribution in [0.25, 0.3) is 10.8 Å². The fourth-order valence-corrected chi connectivity index (χ4v) is 4.05. The second-order valence-corrected chi connectivity index (χ2v) is 6.96. The minimum absolute atomic E-state index is 0.323. The molecule has 2 heterocycles. The van der Waals surface area contributed by atoms with Crippen molar-refractivity contribution in [1.82, 2.24) is 10.3 Å². The van der Waals surface area contributed by atoms with Crippen molar-refractivity contribution in [2.24, 2.45) is 0 Å². The van der Waals surface area contributed by atoms with Gasteiger partial charge in [-0.1, -0.05) is 12.1 Å². The normalized spacial score (nSPS) is 17.2. The Morgan fingerprint density at radius 1 is 1.20 bits per heavy atom. The molecule has 5 nitrogen and oxygen atoms in total. The summed E-state index contributed by atoms with van der Waals surface area (Å²) in [7, 11) is -3.35. The summed E-state index contributed by atoms with van der Waals surface area (Å²) >= 11 is 0. The Hall–Kier alpha value is -1.66. The van der Waals surface area contributed by atoms with Gasteiger partial charge in [0.05, 0.1) is 10.9 Å². The zero-order valence-corrected chi connectivity index (χ0v) is 11.9. The molecule has 2 aromatic rings. The molecular weight excluding hydrogens is 274 g/mol.